The van der Waals surface area contributed by atoms with Gasteiger partial charge in [-0.15, -0.1) is 0 Å². The van der Waals surface area contributed by atoms with Gasteiger partial charge in [-0.25, -0.2) is 0 Å². The van der Waals surface area contributed by atoms with E-state index in [9.17, 15) is 3.29 Å². The van der Waals surface area contributed by atoms with Gasteiger partial charge in [-0.2, -0.15) is 36.4 Å². The molecule has 0 atom stereocenters. The fraction of sp³-hybridized carbons (Fsp3) is 0.720. The standard InChI is InChI=1S/2C9H21P.C6H5.CO.FH.Os/c2*1-8(2,3)10(7)9(4,5)6;1-2-4-6-5-3-1;1-2;;/h2*1-7H3;1-5H;;1H;/q;;-1;;;+1/p-1. The zero-order valence-electron chi connectivity index (χ0n) is 21.9. The molecule has 1 nitrogen and oxygen atoms in total. The Kier molecular flexibility index (Phi) is 22.5. The first-order valence-electron chi connectivity index (χ1n) is 10.0. The molecule has 5 heteroatoms. The molecule has 0 unspecified atom stereocenters. The summed E-state index contributed by atoms with van der Waals surface area (Å²) >= 11 is 0.361. The van der Waals surface area contributed by atoms with Crippen LogP contribution < -0.4 is 0 Å². The predicted octanol–water partition coefficient (Wildman–Crippen LogP) is 9.26. The van der Waals surface area contributed by atoms with Gasteiger partial charge < -0.3 is 0 Å². The van der Waals surface area contributed by atoms with Crippen LogP contribution in [-0.4, -0.2) is 34.0 Å². The van der Waals surface area contributed by atoms with Crippen LogP contribution in [0.4, 0.5) is 3.29 Å². The summed E-state index contributed by atoms with van der Waals surface area (Å²) in [6, 6.07) is 12.5. The average molecular weight is 635 g/mol. The zero-order valence-corrected chi connectivity index (χ0v) is 26.3. The molecule has 0 fully saturated rings. The summed E-state index contributed by atoms with van der Waals surface area (Å²) in [5, 5.41) is 2.03. The molecule has 30 heavy (non-hydrogen) atoms. The van der Waals surface area contributed by atoms with Gasteiger partial charge >= 0.3 is 33.7 Å². The van der Waals surface area contributed by atoms with Crippen molar-refractivity contribution in [3.8, 4) is 0 Å². The smallest absolute Gasteiger partial charge is 0.171 e. The molecular weight excluding hydrogens is 587 g/mol. The summed E-state index contributed by atoms with van der Waals surface area (Å²) in [7, 11) is 0.275. The minimum atomic E-state index is 0.137. The Hall–Kier alpha value is 0.386. The molecule has 0 spiro atoms. The second-order valence-corrected chi connectivity index (χ2v) is 18.5. The van der Waals surface area contributed by atoms with Gasteiger partial charge in [0.15, 0.2) is 0 Å². The summed E-state index contributed by atoms with van der Waals surface area (Å²) in [5.41, 5.74) is 0. The number of rotatable bonds is 0. The zero-order chi connectivity index (χ0) is 25.4. The van der Waals surface area contributed by atoms with E-state index in [-0.39, 0.29) is 15.8 Å². The van der Waals surface area contributed by atoms with Gasteiger partial charge in [-0.3, -0.25) is 0 Å². The molecule has 0 saturated carbocycles. The molecule has 1 aromatic rings. The predicted molar refractivity (Wildman–Crippen MR) is 135 cm³/mol. The first-order valence-corrected chi connectivity index (χ1v) is 14.6. The normalized spacial score (nSPS) is 11.5. The van der Waals surface area contributed by atoms with E-state index in [0.29, 0.717) is 39.7 Å². The van der Waals surface area contributed by atoms with Crippen molar-refractivity contribution in [2.75, 3.05) is 13.3 Å². The fourth-order valence-corrected chi connectivity index (χ4v) is 6.38. The van der Waals surface area contributed by atoms with Gasteiger partial charge in [0.1, 0.15) is 0 Å². The maximum atomic E-state index is 9.53. The van der Waals surface area contributed by atoms with Crippen molar-refractivity contribution in [1.29, 1.82) is 0 Å². The van der Waals surface area contributed by atoms with Gasteiger partial charge in [0.2, 0.25) is 0 Å². The van der Waals surface area contributed by atoms with E-state index in [2.05, 4.69) is 109 Å². The van der Waals surface area contributed by atoms with Crippen molar-refractivity contribution in [1.82, 2.24) is 0 Å². The Balaban J connectivity index is -0.000000159. The van der Waals surface area contributed by atoms with Crippen LogP contribution in [0.5, 0.6) is 0 Å². The minimum absolute atomic E-state index is 0.137. The molecule has 0 aliphatic carbocycles. The summed E-state index contributed by atoms with van der Waals surface area (Å²) < 4.78 is 17.0. The van der Waals surface area contributed by atoms with Gasteiger partial charge in [-0.1, -0.05) is 98.9 Å². The van der Waals surface area contributed by atoms with Crippen LogP contribution in [0, 0.1) is 12.7 Å². The monoisotopic (exact) mass is 636 g/mol. The summed E-state index contributed by atoms with van der Waals surface area (Å²) in [6.07, 6.45) is 0. The maximum absolute atomic E-state index is 9.53. The van der Waals surface area contributed by atoms with Gasteiger partial charge in [0, 0.05) is 0 Å². The van der Waals surface area contributed by atoms with E-state index in [1.165, 1.54) is 0 Å². The van der Waals surface area contributed by atoms with Crippen molar-refractivity contribution in [3.63, 3.8) is 0 Å². The Morgan fingerprint density at radius 2 is 0.800 bits per heavy atom. The van der Waals surface area contributed by atoms with Crippen LogP contribution in [0.15, 0.2) is 30.3 Å². The maximum Gasteiger partial charge on any atom is -0.171 e. The second-order valence-electron chi connectivity index (χ2n) is 10.9. The fourth-order valence-electron chi connectivity index (χ4n) is 2.35. The molecule has 1 rings (SSSR count). The van der Waals surface area contributed by atoms with Gasteiger partial charge in [0.25, 0.3) is 0 Å². The molecule has 0 aromatic heterocycles. The van der Waals surface area contributed by atoms with Crippen molar-refractivity contribution in [2.45, 2.75) is 104 Å². The number of halogens is 1. The molecule has 0 saturated heterocycles. The molecule has 0 heterocycles. The molecule has 179 valence electrons. The van der Waals surface area contributed by atoms with Crippen molar-refractivity contribution in [3.05, 3.63) is 43.0 Å². The van der Waals surface area contributed by atoms with E-state index in [1.807, 2.05) is 30.3 Å². The average Bonchev–Trinajstić information content (AvgIpc) is 2.63. The molecular formula is C25H47FOOsP2-. The van der Waals surface area contributed by atoms with Gasteiger partial charge in [0.05, 0.1) is 0 Å². The van der Waals surface area contributed by atoms with Crippen molar-refractivity contribution < 1.29 is 27.0 Å². The van der Waals surface area contributed by atoms with Crippen LogP contribution in [0.2, 0.25) is 0 Å². The van der Waals surface area contributed by atoms with Crippen molar-refractivity contribution in [2.24, 2.45) is 0 Å². The molecule has 0 radical (unpaired) electrons. The molecule has 0 aliphatic rings. The molecule has 0 bridgehead atoms. The number of hydrogen-bond donors (Lipinski definition) is 0. The Bertz CT molecular complexity index is 422. The van der Waals surface area contributed by atoms with E-state index in [1.54, 1.807) is 0 Å². The van der Waals surface area contributed by atoms with Crippen LogP contribution in [0.25, 0.3) is 0 Å². The molecule has 0 aliphatic heterocycles. The summed E-state index contributed by atoms with van der Waals surface area (Å²) in [6.45, 7) is 37.3. The number of benzene rings is 1. The molecule has 0 N–H and O–H groups in total. The van der Waals surface area contributed by atoms with Crippen LogP contribution in [0.1, 0.15) is 83.1 Å². The minimum Gasteiger partial charge on any atom is -0.184 e. The van der Waals surface area contributed by atoms with E-state index < -0.39 is 0 Å². The van der Waals surface area contributed by atoms with Crippen LogP contribution in [-0.2, 0) is 23.8 Å². The first-order chi connectivity index (χ1) is 13.3. The third-order valence-electron chi connectivity index (χ3n) is 4.63. The third kappa shape index (κ3) is 23.1. The quantitative estimate of drug-likeness (QED) is 0.154. The Morgan fingerprint density at radius 3 is 0.833 bits per heavy atom. The van der Waals surface area contributed by atoms with Crippen LogP contribution >= 0.6 is 15.8 Å². The molecule has 1 aromatic carbocycles. The van der Waals surface area contributed by atoms with Gasteiger partial charge in [-0.05, 0) is 34.0 Å². The van der Waals surface area contributed by atoms with E-state index in [0.717, 1.165) is 0 Å². The summed E-state index contributed by atoms with van der Waals surface area (Å²) in [5.74, 6) is 0. The largest absolute Gasteiger partial charge is 0.184 e. The third-order valence-corrected chi connectivity index (χ3v) is 12.7. The molecule has 0 amide bonds. The van der Waals surface area contributed by atoms with Crippen molar-refractivity contribution >= 4 is 15.8 Å². The summed E-state index contributed by atoms with van der Waals surface area (Å²) in [4.78, 5) is 0. The second kappa shape index (κ2) is 17.9. The number of hydrogen-bond acceptors (Lipinski definition) is 0. The van der Waals surface area contributed by atoms with Crippen LogP contribution in [0.3, 0.4) is 0 Å². The Labute approximate surface area is 202 Å². The SMILES string of the molecule is CP(C(C)(C)C)C(C)(C)C.CP(C(C)(C)C)C(C)(C)C.[C-]#[O+].[F][Os].[c-]1ccccc1. The van der Waals surface area contributed by atoms with E-state index >= 15 is 0 Å². The topological polar surface area (TPSA) is 19.9 Å². The first kappa shape index (κ1) is 37.7. The Morgan fingerprint density at radius 1 is 0.600 bits per heavy atom. The van der Waals surface area contributed by atoms with E-state index in [4.69, 9.17) is 4.65 Å².